The second-order valence-corrected chi connectivity index (χ2v) is 5.26. The molecule has 20 heavy (non-hydrogen) atoms. The molecular formula is C16H23NO3. The first kappa shape index (κ1) is 15.0. The van der Waals surface area contributed by atoms with Crippen molar-refractivity contribution in [3.05, 3.63) is 35.4 Å². The Balaban J connectivity index is 1.92. The van der Waals surface area contributed by atoms with Crippen LogP contribution in [0.5, 0.6) is 0 Å². The van der Waals surface area contributed by atoms with Gasteiger partial charge in [-0.1, -0.05) is 12.1 Å². The number of rotatable bonds is 6. The number of hydrogen-bond acceptors (Lipinski definition) is 3. The van der Waals surface area contributed by atoms with Crippen LogP contribution >= 0.6 is 0 Å². The first-order valence-electron chi connectivity index (χ1n) is 7.34. The molecule has 1 fully saturated rings. The van der Waals surface area contributed by atoms with Crippen LogP contribution in [-0.2, 0) is 4.74 Å². The van der Waals surface area contributed by atoms with Crippen molar-refractivity contribution < 1.29 is 14.6 Å². The predicted molar refractivity (Wildman–Crippen MR) is 78.3 cm³/mol. The summed E-state index contributed by atoms with van der Waals surface area (Å²) in [4.78, 5) is 13.3. The van der Waals surface area contributed by atoms with E-state index in [9.17, 15) is 4.79 Å². The van der Waals surface area contributed by atoms with E-state index in [4.69, 9.17) is 9.84 Å². The molecule has 1 saturated heterocycles. The fourth-order valence-corrected chi connectivity index (χ4v) is 2.77. The fourth-order valence-electron chi connectivity index (χ4n) is 2.77. The molecule has 0 radical (unpaired) electrons. The second-order valence-electron chi connectivity index (χ2n) is 5.26. The number of carboxylic acids is 1. The van der Waals surface area contributed by atoms with E-state index in [1.54, 1.807) is 12.1 Å². The SMILES string of the molecule is CCOCCN1CCCC(c2ccc(C(=O)O)cc2)C1. The highest BCUT2D eigenvalue weighted by molar-refractivity contribution is 5.87. The average molecular weight is 277 g/mol. The van der Waals surface area contributed by atoms with E-state index < -0.39 is 5.97 Å². The second kappa shape index (κ2) is 7.41. The van der Waals surface area contributed by atoms with Crippen molar-refractivity contribution in [1.82, 2.24) is 4.90 Å². The van der Waals surface area contributed by atoms with Crippen LogP contribution in [0.2, 0.25) is 0 Å². The van der Waals surface area contributed by atoms with Crippen LogP contribution in [0, 0.1) is 0 Å². The molecule has 1 N–H and O–H groups in total. The molecule has 1 aromatic rings. The van der Waals surface area contributed by atoms with E-state index in [0.29, 0.717) is 11.5 Å². The molecule has 2 rings (SSSR count). The lowest BCUT2D eigenvalue weighted by molar-refractivity contribution is 0.0696. The van der Waals surface area contributed by atoms with E-state index in [-0.39, 0.29) is 0 Å². The lowest BCUT2D eigenvalue weighted by Crippen LogP contribution is -2.36. The fraction of sp³-hybridized carbons (Fsp3) is 0.562. The monoisotopic (exact) mass is 277 g/mol. The van der Waals surface area contributed by atoms with Crippen LogP contribution in [0.25, 0.3) is 0 Å². The van der Waals surface area contributed by atoms with Crippen LogP contribution in [0.1, 0.15) is 41.6 Å². The van der Waals surface area contributed by atoms with Gasteiger partial charge in [0.2, 0.25) is 0 Å². The third kappa shape index (κ3) is 4.05. The highest BCUT2D eigenvalue weighted by Gasteiger charge is 2.21. The summed E-state index contributed by atoms with van der Waals surface area (Å²) >= 11 is 0. The Morgan fingerprint density at radius 3 is 2.80 bits per heavy atom. The number of carboxylic acid groups (broad SMARTS) is 1. The van der Waals surface area contributed by atoms with Crippen LogP contribution in [0.3, 0.4) is 0 Å². The number of aromatic carboxylic acids is 1. The zero-order valence-corrected chi connectivity index (χ0v) is 12.0. The minimum absolute atomic E-state index is 0.359. The van der Waals surface area contributed by atoms with Gasteiger partial charge in [-0.2, -0.15) is 0 Å². The molecule has 110 valence electrons. The lowest BCUT2D eigenvalue weighted by atomic mass is 9.90. The van der Waals surface area contributed by atoms with Gasteiger partial charge in [0.25, 0.3) is 0 Å². The summed E-state index contributed by atoms with van der Waals surface area (Å²) in [5.74, 6) is -0.355. The summed E-state index contributed by atoms with van der Waals surface area (Å²) < 4.78 is 5.41. The van der Waals surface area contributed by atoms with Crippen molar-refractivity contribution in [3.63, 3.8) is 0 Å². The smallest absolute Gasteiger partial charge is 0.335 e. The van der Waals surface area contributed by atoms with E-state index in [2.05, 4.69) is 4.90 Å². The van der Waals surface area contributed by atoms with Gasteiger partial charge in [-0.15, -0.1) is 0 Å². The van der Waals surface area contributed by atoms with Gasteiger partial charge in [-0.25, -0.2) is 4.79 Å². The molecule has 0 amide bonds. The maximum atomic E-state index is 10.9. The summed E-state index contributed by atoms with van der Waals surface area (Å²) in [6, 6.07) is 7.33. The standard InChI is InChI=1S/C16H23NO3/c1-2-20-11-10-17-9-3-4-15(12-17)13-5-7-14(8-6-13)16(18)19/h5-8,15H,2-4,9-12H2,1H3,(H,18,19). The highest BCUT2D eigenvalue weighted by Crippen LogP contribution is 2.26. The molecule has 0 aliphatic carbocycles. The molecule has 1 aliphatic rings. The zero-order chi connectivity index (χ0) is 14.4. The quantitative estimate of drug-likeness (QED) is 0.812. The predicted octanol–water partition coefficient (Wildman–Crippen LogP) is 2.60. The molecule has 4 heteroatoms. The van der Waals surface area contributed by atoms with Crippen molar-refractivity contribution in [2.24, 2.45) is 0 Å². The number of hydrogen-bond donors (Lipinski definition) is 1. The van der Waals surface area contributed by atoms with Gasteiger partial charge in [-0.05, 0) is 49.9 Å². The van der Waals surface area contributed by atoms with Crippen molar-refractivity contribution in [2.45, 2.75) is 25.7 Å². The lowest BCUT2D eigenvalue weighted by Gasteiger charge is -2.32. The maximum absolute atomic E-state index is 10.9. The van der Waals surface area contributed by atoms with E-state index >= 15 is 0 Å². The Morgan fingerprint density at radius 1 is 1.40 bits per heavy atom. The van der Waals surface area contributed by atoms with Gasteiger partial charge in [-0.3, -0.25) is 0 Å². The van der Waals surface area contributed by atoms with Gasteiger partial charge in [0.15, 0.2) is 0 Å². The third-order valence-corrected chi connectivity index (χ3v) is 3.89. The molecule has 0 saturated carbocycles. The molecule has 0 bridgehead atoms. The van der Waals surface area contributed by atoms with Gasteiger partial charge in [0.1, 0.15) is 0 Å². The van der Waals surface area contributed by atoms with Gasteiger partial charge in [0.05, 0.1) is 12.2 Å². The first-order valence-corrected chi connectivity index (χ1v) is 7.34. The topological polar surface area (TPSA) is 49.8 Å². The molecule has 1 aromatic carbocycles. The normalized spacial score (nSPS) is 19.9. The molecule has 0 aromatic heterocycles. The largest absolute Gasteiger partial charge is 0.478 e. The molecular weight excluding hydrogens is 254 g/mol. The van der Waals surface area contributed by atoms with Crippen molar-refractivity contribution in [1.29, 1.82) is 0 Å². The number of ether oxygens (including phenoxy) is 1. The Kier molecular flexibility index (Phi) is 5.56. The molecule has 1 unspecified atom stereocenters. The van der Waals surface area contributed by atoms with Crippen molar-refractivity contribution >= 4 is 5.97 Å². The van der Waals surface area contributed by atoms with Crippen molar-refractivity contribution in [2.75, 3.05) is 32.8 Å². The number of likely N-dealkylation sites (tertiary alicyclic amines) is 1. The van der Waals surface area contributed by atoms with Crippen molar-refractivity contribution in [3.8, 4) is 0 Å². The van der Waals surface area contributed by atoms with Gasteiger partial charge in [0, 0.05) is 19.7 Å². The molecule has 1 aliphatic heterocycles. The minimum Gasteiger partial charge on any atom is -0.478 e. The van der Waals surface area contributed by atoms with Gasteiger partial charge < -0.3 is 14.7 Å². The summed E-state index contributed by atoms with van der Waals surface area (Å²) in [6.45, 7) is 6.74. The summed E-state index contributed by atoms with van der Waals surface area (Å²) in [6.07, 6.45) is 2.37. The minimum atomic E-state index is -0.862. The summed E-state index contributed by atoms with van der Waals surface area (Å²) in [5, 5.41) is 8.93. The van der Waals surface area contributed by atoms with Gasteiger partial charge >= 0.3 is 5.97 Å². The Hall–Kier alpha value is -1.39. The number of nitrogens with zero attached hydrogens (tertiary/aromatic N) is 1. The molecule has 1 heterocycles. The highest BCUT2D eigenvalue weighted by atomic mass is 16.5. The third-order valence-electron chi connectivity index (χ3n) is 3.89. The van der Waals surface area contributed by atoms with Crippen LogP contribution < -0.4 is 0 Å². The van der Waals surface area contributed by atoms with Crippen LogP contribution in [0.15, 0.2) is 24.3 Å². The molecule has 0 spiro atoms. The Morgan fingerprint density at radius 2 is 2.15 bits per heavy atom. The van der Waals surface area contributed by atoms with E-state index in [1.807, 2.05) is 19.1 Å². The number of benzene rings is 1. The molecule has 1 atom stereocenters. The maximum Gasteiger partial charge on any atom is 0.335 e. The Bertz CT molecular complexity index is 430. The first-order chi connectivity index (χ1) is 9.70. The van der Waals surface area contributed by atoms with Crippen LogP contribution in [0.4, 0.5) is 0 Å². The average Bonchev–Trinajstić information content (AvgIpc) is 2.48. The van der Waals surface area contributed by atoms with E-state index in [1.165, 1.54) is 18.4 Å². The molecule has 4 nitrogen and oxygen atoms in total. The van der Waals surface area contributed by atoms with E-state index in [0.717, 1.165) is 32.8 Å². The summed E-state index contributed by atoms with van der Waals surface area (Å²) in [5.41, 5.74) is 1.61. The van der Waals surface area contributed by atoms with Crippen LogP contribution in [-0.4, -0.2) is 48.8 Å². The number of piperidine rings is 1. The Labute approximate surface area is 120 Å². The number of carbonyl (C=O) groups is 1. The zero-order valence-electron chi connectivity index (χ0n) is 12.0. The summed E-state index contributed by atoms with van der Waals surface area (Å²) in [7, 11) is 0.